The first-order valence-corrected chi connectivity index (χ1v) is 4.09. The SMILES string of the molecule is Cc1cnn(CCC(O)CN)c1. The molecule has 1 unspecified atom stereocenters. The van der Waals surface area contributed by atoms with Crippen LogP contribution in [0.15, 0.2) is 12.4 Å². The van der Waals surface area contributed by atoms with Crippen LogP contribution in [0.3, 0.4) is 0 Å². The van der Waals surface area contributed by atoms with Crippen LogP contribution in [-0.4, -0.2) is 27.5 Å². The van der Waals surface area contributed by atoms with Crippen LogP contribution >= 0.6 is 0 Å². The number of hydrogen-bond acceptors (Lipinski definition) is 3. The second-order valence-electron chi connectivity index (χ2n) is 2.96. The third-order valence-corrected chi connectivity index (χ3v) is 1.73. The van der Waals surface area contributed by atoms with E-state index in [1.165, 1.54) is 0 Å². The minimum absolute atomic E-state index is 0.320. The number of nitrogens with zero attached hydrogens (tertiary/aromatic N) is 2. The van der Waals surface area contributed by atoms with Gasteiger partial charge in [0.25, 0.3) is 0 Å². The van der Waals surface area contributed by atoms with Gasteiger partial charge in [-0.1, -0.05) is 0 Å². The number of rotatable bonds is 4. The average molecular weight is 169 g/mol. The van der Waals surface area contributed by atoms with Crippen molar-refractivity contribution in [2.24, 2.45) is 5.73 Å². The van der Waals surface area contributed by atoms with Gasteiger partial charge < -0.3 is 10.8 Å². The first kappa shape index (κ1) is 9.22. The number of aliphatic hydroxyl groups is 1. The fourth-order valence-electron chi connectivity index (χ4n) is 0.988. The Morgan fingerprint density at radius 3 is 3.00 bits per heavy atom. The molecule has 0 aliphatic carbocycles. The summed E-state index contributed by atoms with van der Waals surface area (Å²) in [6, 6.07) is 0. The zero-order valence-corrected chi connectivity index (χ0v) is 7.27. The maximum absolute atomic E-state index is 9.16. The molecule has 12 heavy (non-hydrogen) atoms. The molecule has 1 rings (SSSR count). The topological polar surface area (TPSA) is 64.1 Å². The van der Waals surface area contributed by atoms with Crippen molar-refractivity contribution in [3.05, 3.63) is 18.0 Å². The van der Waals surface area contributed by atoms with Crippen molar-refractivity contribution in [3.8, 4) is 0 Å². The van der Waals surface area contributed by atoms with Crippen LogP contribution < -0.4 is 5.73 Å². The highest BCUT2D eigenvalue weighted by molar-refractivity contribution is 4.99. The molecular weight excluding hydrogens is 154 g/mol. The van der Waals surface area contributed by atoms with E-state index in [1.807, 2.05) is 17.8 Å². The van der Waals surface area contributed by atoms with Crippen molar-refractivity contribution in [1.29, 1.82) is 0 Å². The maximum atomic E-state index is 9.16. The monoisotopic (exact) mass is 169 g/mol. The Kier molecular flexibility index (Phi) is 3.25. The molecule has 1 atom stereocenters. The minimum atomic E-state index is -0.408. The fraction of sp³-hybridized carbons (Fsp3) is 0.625. The largest absolute Gasteiger partial charge is 0.392 e. The summed E-state index contributed by atoms with van der Waals surface area (Å²) in [5.41, 5.74) is 6.40. The van der Waals surface area contributed by atoms with Gasteiger partial charge in [0.05, 0.1) is 12.3 Å². The molecule has 1 heterocycles. The van der Waals surface area contributed by atoms with Crippen LogP contribution in [0.5, 0.6) is 0 Å². The minimum Gasteiger partial charge on any atom is -0.392 e. The van der Waals surface area contributed by atoms with E-state index in [0.29, 0.717) is 13.0 Å². The molecule has 0 aromatic carbocycles. The lowest BCUT2D eigenvalue weighted by atomic mass is 10.2. The van der Waals surface area contributed by atoms with Gasteiger partial charge in [0.15, 0.2) is 0 Å². The highest BCUT2D eigenvalue weighted by Crippen LogP contribution is 1.97. The van der Waals surface area contributed by atoms with Crippen LogP contribution in [-0.2, 0) is 6.54 Å². The summed E-state index contributed by atoms with van der Waals surface area (Å²) in [5.74, 6) is 0. The molecule has 0 spiro atoms. The highest BCUT2D eigenvalue weighted by Gasteiger charge is 2.01. The van der Waals surface area contributed by atoms with Crippen LogP contribution in [0.4, 0.5) is 0 Å². The third-order valence-electron chi connectivity index (χ3n) is 1.73. The number of nitrogens with two attached hydrogens (primary N) is 1. The number of aryl methyl sites for hydroxylation is 2. The fourth-order valence-corrected chi connectivity index (χ4v) is 0.988. The first-order chi connectivity index (χ1) is 5.72. The van der Waals surface area contributed by atoms with Crippen molar-refractivity contribution < 1.29 is 5.11 Å². The van der Waals surface area contributed by atoms with E-state index < -0.39 is 6.10 Å². The van der Waals surface area contributed by atoms with E-state index in [4.69, 9.17) is 10.8 Å². The average Bonchev–Trinajstić information content (AvgIpc) is 2.47. The molecule has 4 heteroatoms. The van der Waals surface area contributed by atoms with Gasteiger partial charge in [0.2, 0.25) is 0 Å². The van der Waals surface area contributed by atoms with Crippen molar-refractivity contribution in [2.75, 3.05) is 6.54 Å². The molecule has 1 aromatic heterocycles. The summed E-state index contributed by atoms with van der Waals surface area (Å²) < 4.78 is 1.81. The van der Waals surface area contributed by atoms with E-state index in [1.54, 1.807) is 6.20 Å². The van der Waals surface area contributed by atoms with E-state index in [-0.39, 0.29) is 0 Å². The Bertz CT molecular complexity index is 234. The van der Waals surface area contributed by atoms with Crippen molar-refractivity contribution in [3.63, 3.8) is 0 Å². The predicted molar refractivity (Wildman–Crippen MR) is 46.6 cm³/mol. The normalized spacial score (nSPS) is 13.2. The zero-order valence-electron chi connectivity index (χ0n) is 7.27. The number of hydrogen-bond donors (Lipinski definition) is 2. The second-order valence-corrected chi connectivity index (χ2v) is 2.96. The van der Waals surface area contributed by atoms with Gasteiger partial charge in [0.1, 0.15) is 0 Å². The molecule has 0 saturated carbocycles. The Morgan fingerprint density at radius 2 is 2.50 bits per heavy atom. The van der Waals surface area contributed by atoms with Gasteiger partial charge in [-0.3, -0.25) is 4.68 Å². The van der Waals surface area contributed by atoms with Gasteiger partial charge in [0, 0.05) is 19.3 Å². The molecular formula is C8H15N3O. The molecule has 3 N–H and O–H groups in total. The Hall–Kier alpha value is -0.870. The summed E-state index contributed by atoms with van der Waals surface area (Å²) in [7, 11) is 0. The molecule has 68 valence electrons. The lowest BCUT2D eigenvalue weighted by Crippen LogP contribution is -2.21. The van der Waals surface area contributed by atoms with Crippen LogP contribution in [0.2, 0.25) is 0 Å². The van der Waals surface area contributed by atoms with E-state index >= 15 is 0 Å². The molecule has 0 fully saturated rings. The van der Waals surface area contributed by atoms with Crippen molar-refractivity contribution >= 4 is 0 Å². The predicted octanol–water partition coefficient (Wildman–Crippen LogP) is -0.0988. The molecule has 0 amide bonds. The summed E-state index contributed by atoms with van der Waals surface area (Å²) in [5, 5.41) is 13.2. The summed E-state index contributed by atoms with van der Waals surface area (Å²) >= 11 is 0. The van der Waals surface area contributed by atoms with Crippen LogP contribution in [0, 0.1) is 6.92 Å². The van der Waals surface area contributed by atoms with Gasteiger partial charge in [-0.2, -0.15) is 5.10 Å². The lowest BCUT2D eigenvalue weighted by Gasteiger charge is -2.06. The van der Waals surface area contributed by atoms with Gasteiger partial charge in [-0.05, 0) is 18.9 Å². The Morgan fingerprint density at radius 1 is 1.75 bits per heavy atom. The summed E-state index contributed by atoms with van der Waals surface area (Å²) in [6.07, 6.45) is 4.00. The summed E-state index contributed by atoms with van der Waals surface area (Å²) in [6.45, 7) is 3.04. The second kappa shape index (κ2) is 4.23. The molecule has 0 aliphatic rings. The maximum Gasteiger partial charge on any atom is 0.0680 e. The number of aliphatic hydroxyl groups excluding tert-OH is 1. The number of aromatic nitrogens is 2. The van der Waals surface area contributed by atoms with E-state index in [9.17, 15) is 0 Å². The third kappa shape index (κ3) is 2.64. The molecule has 0 saturated heterocycles. The Labute approximate surface area is 72.0 Å². The first-order valence-electron chi connectivity index (χ1n) is 4.09. The highest BCUT2D eigenvalue weighted by atomic mass is 16.3. The lowest BCUT2D eigenvalue weighted by molar-refractivity contribution is 0.165. The van der Waals surface area contributed by atoms with Gasteiger partial charge in [-0.25, -0.2) is 0 Å². The van der Waals surface area contributed by atoms with E-state index in [2.05, 4.69) is 5.10 Å². The molecule has 0 radical (unpaired) electrons. The van der Waals surface area contributed by atoms with E-state index in [0.717, 1.165) is 12.1 Å². The van der Waals surface area contributed by atoms with Crippen LogP contribution in [0.25, 0.3) is 0 Å². The summed E-state index contributed by atoms with van der Waals surface area (Å²) in [4.78, 5) is 0. The van der Waals surface area contributed by atoms with Gasteiger partial charge >= 0.3 is 0 Å². The standard InChI is InChI=1S/C8H15N3O/c1-7-5-10-11(6-7)3-2-8(12)4-9/h5-6,8,12H,2-4,9H2,1H3. The molecule has 0 aliphatic heterocycles. The van der Waals surface area contributed by atoms with Crippen molar-refractivity contribution in [2.45, 2.75) is 26.0 Å². The quantitative estimate of drug-likeness (QED) is 0.661. The van der Waals surface area contributed by atoms with Crippen molar-refractivity contribution in [1.82, 2.24) is 9.78 Å². The van der Waals surface area contributed by atoms with Crippen LogP contribution in [0.1, 0.15) is 12.0 Å². The smallest absolute Gasteiger partial charge is 0.0680 e. The van der Waals surface area contributed by atoms with Gasteiger partial charge in [-0.15, -0.1) is 0 Å². The molecule has 0 bridgehead atoms. The zero-order chi connectivity index (χ0) is 8.97. The Balaban J connectivity index is 2.33. The molecule has 1 aromatic rings. The molecule has 4 nitrogen and oxygen atoms in total.